The summed E-state index contributed by atoms with van der Waals surface area (Å²) in [6.07, 6.45) is 8.89. The molecule has 0 amide bonds. The average molecular weight is 317 g/mol. The number of pyridine rings is 1. The van der Waals surface area contributed by atoms with Crippen LogP contribution >= 0.6 is 11.8 Å². The van der Waals surface area contributed by atoms with Gasteiger partial charge in [-0.3, -0.25) is 4.79 Å². The van der Waals surface area contributed by atoms with E-state index in [-0.39, 0.29) is 10.7 Å². The third-order valence-corrected chi connectivity index (χ3v) is 7.14. The number of rotatable bonds is 4. The molecule has 0 saturated heterocycles. The Hall–Kier alpha value is -1.03. The molecule has 0 spiro atoms. The molecule has 4 aliphatic rings. The molecule has 3 nitrogen and oxygen atoms in total. The van der Waals surface area contributed by atoms with Gasteiger partial charge in [0.15, 0.2) is 12.0 Å². The van der Waals surface area contributed by atoms with Crippen molar-refractivity contribution >= 4 is 17.5 Å². The van der Waals surface area contributed by atoms with E-state index in [1.165, 1.54) is 37.2 Å². The smallest absolute Gasteiger partial charge is 0.252 e. The lowest BCUT2D eigenvalue weighted by Crippen LogP contribution is -2.52. The van der Waals surface area contributed by atoms with Gasteiger partial charge in [-0.1, -0.05) is 0 Å². The topological polar surface area (TPSA) is 44.0 Å². The molecule has 1 aromatic rings. The van der Waals surface area contributed by atoms with Gasteiger partial charge in [0.05, 0.1) is 5.25 Å². The largest absolute Gasteiger partial charge is 0.618 e. The summed E-state index contributed by atoms with van der Waals surface area (Å²) in [6, 6.07) is 5.39. The van der Waals surface area contributed by atoms with Crippen LogP contribution in [0, 0.1) is 28.4 Å². The second-order valence-electron chi connectivity index (χ2n) is 7.69. The van der Waals surface area contributed by atoms with Crippen molar-refractivity contribution in [3.63, 3.8) is 0 Å². The Labute approximate surface area is 136 Å². The molecule has 22 heavy (non-hydrogen) atoms. The number of thioether (sulfide) groups is 1. The van der Waals surface area contributed by atoms with E-state index < -0.39 is 0 Å². The first kappa shape index (κ1) is 14.6. The van der Waals surface area contributed by atoms with E-state index in [0.29, 0.717) is 10.8 Å². The molecular formula is C18H23NO2S. The molecule has 1 unspecified atom stereocenters. The van der Waals surface area contributed by atoms with Crippen molar-refractivity contribution in [2.45, 2.75) is 55.7 Å². The Kier molecular flexibility index (Phi) is 3.48. The van der Waals surface area contributed by atoms with Crippen LogP contribution in [0.1, 0.15) is 45.4 Å². The van der Waals surface area contributed by atoms with Gasteiger partial charge < -0.3 is 5.21 Å². The summed E-state index contributed by atoms with van der Waals surface area (Å²) in [5.41, 5.74) is -0.0658. The van der Waals surface area contributed by atoms with Crippen LogP contribution in [0.5, 0.6) is 0 Å². The summed E-state index contributed by atoms with van der Waals surface area (Å²) in [6.45, 7) is 1.98. The Morgan fingerprint density at radius 2 is 1.82 bits per heavy atom. The molecule has 0 N–H and O–H groups in total. The van der Waals surface area contributed by atoms with Crippen LogP contribution in [-0.4, -0.2) is 11.0 Å². The van der Waals surface area contributed by atoms with E-state index in [1.807, 2.05) is 13.0 Å². The zero-order chi connectivity index (χ0) is 15.3. The van der Waals surface area contributed by atoms with Crippen LogP contribution in [0.4, 0.5) is 0 Å². The maximum absolute atomic E-state index is 13.2. The zero-order valence-electron chi connectivity index (χ0n) is 13.0. The second kappa shape index (κ2) is 5.26. The van der Waals surface area contributed by atoms with Crippen LogP contribution in [-0.2, 0) is 4.79 Å². The monoisotopic (exact) mass is 317 g/mol. The molecule has 0 aromatic carbocycles. The average Bonchev–Trinajstić information content (AvgIpc) is 2.47. The van der Waals surface area contributed by atoms with Crippen molar-refractivity contribution in [2.75, 3.05) is 0 Å². The van der Waals surface area contributed by atoms with E-state index in [1.54, 1.807) is 12.1 Å². The SMILES string of the molecule is CC(Sc1cccc[n+]1[O-])C(=O)C12CC3CC(CC(C3)C1)C2. The molecule has 1 heterocycles. The highest BCUT2D eigenvalue weighted by atomic mass is 32.2. The van der Waals surface area contributed by atoms with Crippen molar-refractivity contribution in [3.05, 3.63) is 29.6 Å². The summed E-state index contributed by atoms with van der Waals surface area (Å²) in [4.78, 5) is 13.2. The molecule has 4 fully saturated rings. The van der Waals surface area contributed by atoms with Crippen molar-refractivity contribution in [3.8, 4) is 0 Å². The van der Waals surface area contributed by atoms with Crippen LogP contribution in [0.25, 0.3) is 0 Å². The van der Waals surface area contributed by atoms with E-state index in [4.69, 9.17) is 0 Å². The minimum absolute atomic E-state index is 0.0658. The standard InChI is InChI=1S/C18H23NO2S/c1-12(22-16-4-2-3-5-19(16)21)17(20)18-9-13-6-14(10-18)8-15(7-13)11-18/h2-5,12-15H,6-11H2,1H3. The highest BCUT2D eigenvalue weighted by Gasteiger charge is 2.55. The molecule has 1 atom stereocenters. The van der Waals surface area contributed by atoms with Crippen molar-refractivity contribution in [1.29, 1.82) is 0 Å². The minimum Gasteiger partial charge on any atom is -0.618 e. The van der Waals surface area contributed by atoms with Crippen molar-refractivity contribution < 1.29 is 9.52 Å². The molecule has 4 bridgehead atoms. The Morgan fingerprint density at radius 1 is 1.23 bits per heavy atom. The Morgan fingerprint density at radius 3 is 2.36 bits per heavy atom. The van der Waals surface area contributed by atoms with Gasteiger partial charge in [0.2, 0.25) is 0 Å². The number of Topliss-reactive ketones (excluding diaryl/α,β-unsaturated/α-hetero) is 1. The zero-order valence-corrected chi connectivity index (χ0v) is 13.8. The highest BCUT2D eigenvalue weighted by molar-refractivity contribution is 8.00. The summed E-state index contributed by atoms with van der Waals surface area (Å²) >= 11 is 1.43. The first-order valence-electron chi connectivity index (χ1n) is 8.45. The third-order valence-electron chi connectivity index (χ3n) is 6.02. The van der Waals surface area contributed by atoms with Gasteiger partial charge >= 0.3 is 0 Å². The number of aromatic nitrogens is 1. The molecule has 4 aliphatic carbocycles. The summed E-state index contributed by atoms with van der Waals surface area (Å²) in [5.74, 6) is 2.76. The number of hydrogen-bond acceptors (Lipinski definition) is 3. The number of ketones is 1. The Bertz CT molecular complexity index is 565. The van der Waals surface area contributed by atoms with Crippen molar-refractivity contribution in [1.82, 2.24) is 0 Å². The number of nitrogens with zero attached hydrogens (tertiary/aromatic N) is 1. The first-order valence-corrected chi connectivity index (χ1v) is 9.33. The quantitative estimate of drug-likeness (QED) is 0.484. The summed E-state index contributed by atoms with van der Waals surface area (Å²) in [7, 11) is 0. The van der Waals surface area contributed by atoms with E-state index in [2.05, 4.69) is 0 Å². The molecule has 0 aliphatic heterocycles. The first-order chi connectivity index (χ1) is 10.6. The highest BCUT2D eigenvalue weighted by Crippen LogP contribution is 2.61. The van der Waals surface area contributed by atoms with Gasteiger partial charge in [-0.25, -0.2) is 0 Å². The predicted octanol–water partition coefficient (Wildman–Crippen LogP) is 3.59. The fourth-order valence-corrected chi connectivity index (χ4v) is 6.62. The van der Waals surface area contributed by atoms with E-state index >= 15 is 0 Å². The fourth-order valence-electron chi connectivity index (χ4n) is 5.58. The summed E-state index contributed by atoms with van der Waals surface area (Å²) in [5, 5.41) is 12.3. The van der Waals surface area contributed by atoms with Crippen molar-refractivity contribution in [2.24, 2.45) is 23.2 Å². The van der Waals surface area contributed by atoms with Gasteiger partial charge in [-0.15, -0.1) is 0 Å². The third kappa shape index (κ3) is 2.36. The molecule has 5 rings (SSSR count). The van der Waals surface area contributed by atoms with Crippen LogP contribution in [0.15, 0.2) is 29.4 Å². The molecule has 0 radical (unpaired) electrons. The lowest BCUT2D eigenvalue weighted by atomic mass is 9.48. The van der Waals surface area contributed by atoms with E-state index in [0.717, 1.165) is 41.7 Å². The molecule has 1 aromatic heterocycles. The fraction of sp³-hybridized carbons (Fsp3) is 0.667. The Balaban J connectivity index is 1.53. The van der Waals surface area contributed by atoms with Gasteiger partial charge in [-0.05, 0) is 81.0 Å². The maximum Gasteiger partial charge on any atom is 0.252 e. The van der Waals surface area contributed by atoms with Crippen LogP contribution < -0.4 is 4.73 Å². The summed E-state index contributed by atoms with van der Waals surface area (Å²) < 4.78 is 0.869. The molecule has 4 saturated carbocycles. The van der Waals surface area contributed by atoms with Crippen LogP contribution in [0.2, 0.25) is 0 Å². The van der Waals surface area contributed by atoms with Gasteiger partial charge in [0.1, 0.15) is 0 Å². The maximum atomic E-state index is 13.2. The van der Waals surface area contributed by atoms with E-state index in [9.17, 15) is 10.0 Å². The van der Waals surface area contributed by atoms with Gasteiger partial charge in [-0.2, -0.15) is 4.73 Å². The van der Waals surface area contributed by atoms with Gasteiger partial charge in [0.25, 0.3) is 5.03 Å². The second-order valence-corrected chi connectivity index (χ2v) is 9.05. The number of hydrogen-bond donors (Lipinski definition) is 0. The van der Waals surface area contributed by atoms with Gasteiger partial charge in [0, 0.05) is 17.5 Å². The normalized spacial score (nSPS) is 37.2. The predicted molar refractivity (Wildman–Crippen MR) is 86.3 cm³/mol. The van der Waals surface area contributed by atoms with Crippen LogP contribution in [0.3, 0.4) is 0 Å². The number of carbonyl (C=O) groups is 1. The number of carbonyl (C=O) groups excluding carboxylic acids is 1. The molecule has 118 valence electrons. The lowest BCUT2D eigenvalue weighted by molar-refractivity contribution is -0.645. The lowest BCUT2D eigenvalue weighted by Gasteiger charge is -2.56. The molecular weight excluding hydrogens is 294 g/mol. The minimum atomic E-state index is -0.126. The molecule has 4 heteroatoms.